The van der Waals surface area contributed by atoms with Crippen LogP contribution in [0.5, 0.6) is 0 Å². The number of aliphatic imine (C=N–C) groups is 1. The number of anilines is 1. The number of hydrogen-bond donors (Lipinski definition) is 2. The first-order valence-electron chi connectivity index (χ1n) is 6.72. The van der Waals surface area contributed by atoms with Crippen LogP contribution in [0, 0.1) is 5.41 Å². The van der Waals surface area contributed by atoms with E-state index in [0.29, 0.717) is 11.4 Å². The van der Waals surface area contributed by atoms with Crippen LogP contribution in [0.3, 0.4) is 0 Å². The Hall–Kier alpha value is -0.850. The molecule has 1 aromatic heterocycles. The van der Waals surface area contributed by atoms with E-state index in [-0.39, 0.29) is 24.0 Å². The molecule has 1 aromatic rings. The largest absolute Gasteiger partial charge is 0.370 e. The van der Waals surface area contributed by atoms with Gasteiger partial charge in [0.2, 0.25) is 0 Å². The molecular formula is C14H23IN4. The molecule has 0 unspecified atom stereocenters. The Kier molecular flexibility index (Phi) is 6.54. The highest BCUT2D eigenvalue weighted by Gasteiger charge is 2.35. The maximum Gasteiger partial charge on any atom is 0.194 e. The summed E-state index contributed by atoms with van der Waals surface area (Å²) in [6, 6.07) is 5.68. The van der Waals surface area contributed by atoms with Gasteiger partial charge in [-0.05, 0) is 36.8 Å². The second-order valence-electron chi connectivity index (χ2n) is 5.14. The number of halogens is 1. The number of rotatable bonds is 5. The molecule has 1 heterocycles. The van der Waals surface area contributed by atoms with E-state index in [1.165, 1.54) is 32.1 Å². The normalized spacial score (nSPS) is 17.2. The first-order valence-corrected chi connectivity index (χ1v) is 6.72. The van der Waals surface area contributed by atoms with E-state index in [0.717, 1.165) is 12.4 Å². The molecule has 0 amide bonds. The predicted octanol–water partition coefficient (Wildman–Crippen LogP) is 3.40. The van der Waals surface area contributed by atoms with E-state index >= 15 is 0 Å². The number of hydrogen-bond acceptors (Lipinski definition) is 2. The second-order valence-corrected chi connectivity index (χ2v) is 5.14. The van der Waals surface area contributed by atoms with Gasteiger partial charge in [0.15, 0.2) is 5.96 Å². The first kappa shape index (κ1) is 16.2. The van der Waals surface area contributed by atoms with Crippen molar-refractivity contribution in [2.75, 3.05) is 11.9 Å². The molecule has 0 radical (unpaired) electrons. The summed E-state index contributed by atoms with van der Waals surface area (Å²) < 4.78 is 0. The molecule has 2 rings (SSSR count). The van der Waals surface area contributed by atoms with E-state index < -0.39 is 0 Å². The molecule has 1 fully saturated rings. The van der Waals surface area contributed by atoms with Gasteiger partial charge >= 0.3 is 0 Å². The number of aromatic nitrogens is 1. The zero-order chi connectivity index (χ0) is 12.8. The second kappa shape index (κ2) is 7.67. The van der Waals surface area contributed by atoms with Crippen LogP contribution in [-0.4, -0.2) is 17.5 Å². The third kappa shape index (κ3) is 4.63. The fourth-order valence-electron chi connectivity index (χ4n) is 2.55. The third-order valence-corrected chi connectivity index (χ3v) is 3.70. The Morgan fingerprint density at radius 2 is 2.26 bits per heavy atom. The number of pyridine rings is 1. The Morgan fingerprint density at radius 1 is 1.47 bits per heavy atom. The molecule has 19 heavy (non-hydrogen) atoms. The van der Waals surface area contributed by atoms with Crippen molar-refractivity contribution < 1.29 is 0 Å². The minimum atomic E-state index is 0. The summed E-state index contributed by atoms with van der Waals surface area (Å²) in [5.41, 5.74) is 6.31. The van der Waals surface area contributed by atoms with E-state index in [4.69, 9.17) is 5.73 Å². The number of nitrogens with zero attached hydrogens (tertiary/aromatic N) is 2. The van der Waals surface area contributed by atoms with Crippen LogP contribution in [0.15, 0.2) is 29.4 Å². The molecule has 1 aliphatic carbocycles. The molecule has 0 aliphatic heterocycles. The van der Waals surface area contributed by atoms with Gasteiger partial charge in [0, 0.05) is 12.7 Å². The molecular weight excluding hydrogens is 351 g/mol. The van der Waals surface area contributed by atoms with Crippen molar-refractivity contribution in [2.45, 2.75) is 39.0 Å². The van der Waals surface area contributed by atoms with Crippen molar-refractivity contribution in [1.29, 1.82) is 0 Å². The summed E-state index contributed by atoms with van der Waals surface area (Å²) in [5.74, 6) is 1.22. The van der Waals surface area contributed by atoms with Gasteiger partial charge in [0.25, 0.3) is 0 Å². The standard InChI is InChI=1S/C14H22N4.HI/c1-2-7-14(8-5-9-14)11-17-13(15)18-12-6-3-4-10-16-12;/h3-4,6,10H,2,5,7-9,11H2,1H3,(H3,15,16,17,18);1H. The van der Waals surface area contributed by atoms with Crippen LogP contribution in [0.4, 0.5) is 5.82 Å². The zero-order valence-electron chi connectivity index (χ0n) is 11.4. The summed E-state index contributed by atoms with van der Waals surface area (Å²) in [7, 11) is 0. The molecule has 106 valence electrons. The Bertz CT molecular complexity index is 401. The van der Waals surface area contributed by atoms with Crippen LogP contribution in [0.25, 0.3) is 0 Å². The quantitative estimate of drug-likeness (QED) is 0.472. The number of nitrogens with one attached hydrogen (secondary N) is 1. The molecule has 0 atom stereocenters. The highest BCUT2D eigenvalue weighted by atomic mass is 127. The average Bonchev–Trinajstić information content (AvgIpc) is 2.34. The first-order chi connectivity index (χ1) is 8.74. The van der Waals surface area contributed by atoms with E-state index in [1.807, 2.05) is 18.2 Å². The van der Waals surface area contributed by atoms with Crippen molar-refractivity contribution in [3.63, 3.8) is 0 Å². The molecule has 0 saturated heterocycles. The molecule has 1 saturated carbocycles. The Balaban J connectivity index is 0.00000180. The fraction of sp³-hybridized carbons (Fsp3) is 0.571. The molecule has 1 aliphatic rings. The SMILES string of the molecule is CCCC1(CN=C(N)Nc2ccccn2)CCC1.I. The van der Waals surface area contributed by atoms with Gasteiger partial charge in [-0.3, -0.25) is 4.99 Å². The van der Waals surface area contributed by atoms with Crippen LogP contribution < -0.4 is 11.1 Å². The van der Waals surface area contributed by atoms with Crippen molar-refractivity contribution >= 4 is 35.8 Å². The topological polar surface area (TPSA) is 63.3 Å². The molecule has 0 spiro atoms. The molecule has 0 aromatic carbocycles. The van der Waals surface area contributed by atoms with Crippen LogP contribution in [0.2, 0.25) is 0 Å². The van der Waals surface area contributed by atoms with Crippen molar-refractivity contribution in [3.8, 4) is 0 Å². The lowest BCUT2D eigenvalue weighted by Gasteiger charge is -2.40. The maximum atomic E-state index is 5.89. The number of nitrogens with two attached hydrogens (primary N) is 1. The molecule has 3 N–H and O–H groups in total. The number of guanidine groups is 1. The van der Waals surface area contributed by atoms with Crippen molar-refractivity contribution in [3.05, 3.63) is 24.4 Å². The van der Waals surface area contributed by atoms with E-state index in [2.05, 4.69) is 22.2 Å². The lowest BCUT2D eigenvalue weighted by atomic mass is 9.66. The Labute approximate surface area is 132 Å². The summed E-state index contributed by atoms with van der Waals surface area (Å²) in [6.07, 6.45) is 8.14. The van der Waals surface area contributed by atoms with Gasteiger partial charge in [-0.1, -0.05) is 25.8 Å². The maximum absolute atomic E-state index is 5.89. The van der Waals surface area contributed by atoms with Crippen LogP contribution in [0.1, 0.15) is 39.0 Å². The molecule has 4 nitrogen and oxygen atoms in total. The highest BCUT2D eigenvalue weighted by Crippen LogP contribution is 2.44. The minimum absolute atomic E-state index is 0. The van der Waals surface area contributed by atoms with Gasteiger partial charge < -0.3 is 11.1 Å². The molecule has 0 bridgehead atoms. The zero-order valence-corrected chi connectivity index (χ0v) is 13.8. The van der Waals surface area contributed by atoms with Crippen LogP contribution in [-0.2, 0) is 0 Å². The summed E-state index contributed by atoms with van der Waals surface area (Å²) in [5, 5.41) is 3.02. The Morgan fingerprint density at radius 3 is 2.79 bits per heavy atom. The smallest absolute Gasteiger partial charge is 0.194 e. The van der Waals surface area contributed by atoms with Gasteiger partial charge in [-0.15, -0.1) is 24.0 Å². The van der Waals surface area contributed by atoms with Crippen LogP contribution >= 0.6 is 24.0 Å². The van der Waals surface area contributed by atoms with Gasteiger partial charge in [-0.25, -0.2) is 4.98 Å². The van der Waals surface area contributed by atoms with Gasteiger partial charge in [-0.2, -0.15) is 0 Å². The van der Waals surface area contributed by atoms with E-state index in [1.54, 1.807) is 6.20 Å². The summed E-state index contributed by atoms with van der Waals surface area (Å²) >= 11 is 0. The van der Waals surface area contributed by atoms with Crippen molar-refractivity contribution in [2.24, 2.45) is 16.1 Å². The highest BCUT2D eigenvalue weighted by molar-refractivity contribution is 14.0. The monoisotopic (exact) mass is 374 g/mol. The predicted molar refractivity (Wildman–Crippen MR) is 91.0 cm³/mol. The van der Waals surface area contributed by atoms with Gasteiger partial charge in [0.1, 0.15) is 5.82 Å². The third-order valence-electron chi connectivity index (χ3n) is 3.70. The van der Waals surface area contributed by atoms with Gasteiger partial charge in [0.05, 0.1) is 0 Å². The summed E-state index contributed by atoms with van der Waals surface area (Å²) in [4.78, 5) is 8.64. The fourth-order valence-corrected chi connectivity index (χ4v) is 2.55. The summed E-state index contributed by atoms with van der Waals surface area (Å²) in [6.45, 7) is 3.08. The minimum Gasteiger partial charge on any atom is -0.370 e. The van der Waals surface area contributed by atoms with Crippen molar-refractivity contribution in [1.82, 2.24) is 4.98 Å². The average molecular weight is 374 g/mol. The lowest BCUT2D eigenvalue weighted by molar-refractivity contribution is 0.130. The molecule has 5 heteroatoms. The van der Waals surface area contributed by atoms with E-state index in [9.17, 15) is 0 Å². The lowest BCUT2D eigenvalue weighted by Crippen LogP contribution is -2.34.